The summed E-state index contributed by atoms with van der Waals surface area (Å²) >= 11 is 0. The van der Waals surface area contributed by atoms with Gasteiger partial charge in [0.05, 0.1) is 5.41 Å². The molecule has 1 aromatic rings. The molecule has 0 bridgehead atoms. The first kappa shape index (κ1) is 13.8. The molecular formula is C16H21NO2. The average Bonchev–Trinajstić information content (AvgIpc) is 2.80. The van der Waals surface area contributed by atoms with E-state index in [0.29, 0.717) is 19.3 Å². The van der Waals surface area contributed by atoms with Crippen LogP contribution in [0.2, 0.25) is 0 Å². The normalized spacial score (nSPS) is 23.9. The zero-order valence-electron chi connectivity index (χ0n) is 11.9. The topological polar surface area (TPSA) is 46.2 Å². The van der Waals surface area contributed by atoms with E-state index in [1.165, 1.54) is 23.1 Å². The summed E-state index contributed by atoms with van der Waals surface area (Å²) in [6.45, 7) is 6.30. The van der Waals surface area contributed by atoms with Gasteiger partial charge in [-0.3, -0.25) is 14.9 Å². The van der Waals surface area contributed by atoms with Crippen LogP contribution in [-0.4, -0.2) is 11.8 Å². The molecule has 2 amide bonds. The minimum Gasteiger partial charge on any atom is -0.296 e. The molecule has 102 valence electrons. The van der Waals surface area contributed by atoms with Crippen molar-refractivity contribution >= 4 is 11.8 Å². The molecule has 1 aromatic carbocycles. The summed E-state index contributed by atoms with van der Waals surface area (Å²) in [6, 6.07) is 6.27. The maximum absolute atomic E-state index is 11.8. The minimum atomic E-state index is -0.479. The van der Waals surface area contributed by atoms with E-state index in [9.17, 15) is 9.59 Å². The Morgan fingerprint density at radius 2 is 1.74 bits per heavy atom. The van der Waals surface area contributed by atoms with Crippen LogP contribution >= 0.6 is 0 Å². The third-order valence-corrected chi connectivity index (χ3v) is 3.65. The second-order valence-corrected chi connectivity index (χ2v) is 5.67. The highest BCUT2D eigenvalue weighted by atomic mass is 16.2. The van der Waals surface area contributed by atoms with Crippen molar-refractivity contribution in [2.75, 3.05) is 0 Å². The first-order valence-corrected chi connectivity index (χ1v) is 6.93. The fourth-order valence-corrected chi connectivity index (χ4v) is 2.86. The van der Waals surface area contributed by atoms with Gasteiger partial charge in [0.25, 0.3) is 0 Å². The van der Waals surface area contributed by atoms with Crippen LogP contribution in [0.4, 0.5) is 0 Å². The summed E-state index contributed by atoms with van der Waals surface area (Å²) in [5, 5.41) is 2.42. The third kappa shape index (κ3) is 2.55. The molecule has 0 radical (unpaired) electrons. The van der Waals surface area contributed by atoms with E-state index in [4.69, 9.17) is 0 Å². The Labute approximate surface area is 114 Å². The van der Waals surface area contributed by atoms with Crippen LogP contribution in [0.15, 0.2) is 18.2 Å². The largest absolute Gasteiger partial charge is 0.296 e. The Bertz CT molecular complexity index is 521. The second kappa shape index (κ2) is 5.16. The van der Waals surface area contributed by atoms with Crippen LogP contribution in [0, 0.1) is 12.3 Å². The number of rotatable bonds is 0. The summed E-state index contributed by atoms with van der Waals surface area (Å²) in [7, 11) is 0. The summed E-state index contributed by atoms with van der Waals surface area (Å²) in [5.41, 5.74) is 3.17. The lowest BCUT2D eigenvalue weighted by Crippen LogP contribution is -2.32. The van der Waals surface area contributed by atoms with Crippen molar-refractivity contribution in [1.29, 1.82) is 0 Å². The molecule has 0 unspecified atom stereocenters. The second-order valence-electron chi connectivity index (χ2n) is 5.67. The van der Waals surface area contributed by atoms with Crippen LogP contribution in [0.1, 0.15) is 43.4 Å². The SMILES string of the molecule is CCC.Cc1ccc2c(c1)C[C@@]1(CC(=O)NC1=O)C2. The first-order valence-electron chi connectivity index (χ1n) is 6.93. The van der Waals surface area contributed by atoms with Crippen molar-refractivity contribution in [3.8, 4) is 0 Å². The smallest absolute Gasteiger partial charge is 0.233 e. The van der Waals surface area contributed by atoms with Gasteiger partial charge < -0.3 is 0 Å². The highest BCUT2D eigenvalue weighted by molar-refractivity contribution is 6.06. The van der Waals surface area contributed by atoms with Crippen LogP contribution < -0.4 is 5.32 Å². The van der Waals surface area contributed by atoms with Gasteiger partial charge in [-0.05, 0) is 30.9 Å². The van der Waals surface area contributed by atoms with E-state index >= 15 is 0 Å². The molecule has 2 aliphatic rings. The van der Waals surface area contributed by atoms with Gasteiger partial charge in [-0.25, -0.2) is 0 Å². The monoisotopic (exact) mass is 259 g/mol. The Kier molecular flexibility index (Phi) is 3.74. The molecule has 0 saturated carbocycles. The zero-order valence-corrected chi connectivity index (χ0v) is 11.9. The number of amides is 2. The van der Waals surface area contributed by atoms with Gasteiger partial charge in [0, 0.05) is 6.42 Å². The molecule has 3 heteroatoms. The number of nitrogens with one attached hydrogen (secondary N) is 1. The van der Waals surface area contributed by atoms with E-state index in [0.717, 1.165) is 0 Å². The van der Waals surface area contributed by atoms with Gasteiger partial charge >= 0.3 is 0 Å². The zero-order chi connectivity index (χ0) is 14.0. The number of hydrogen-bond acceptors (Lipinski definition) is 2. The Balaban J connectivity index is 0.000000408. The minimum absolute atomic E-state index is 0.0913. The quantitative estimate of drug-likeness (QED) is 0.728. The van der Waals surface area contributed by atoms with Crippen LogP contribution in [0.25, 0.3) is 0 Å². The summed E-state index contributed by atoms with van der Waals surface area (Å²) in [4.78, 5) is 23.1. The Morgan fingerprint density at radius 3 is 2.32 bits per heavy atom. The maximum Gasteiger partial charge on any atom is 0.233 e. The number of imide groups is 1. The predicted molar refractivity (Wildman–Crippen MR) is 74.8 cm³/mol. The molecule has 0 aromatic heterocycles. The highest BCUT2D eigenvalue weighted by Crippen LogP contribution is 2.42. The number of fused-ring (bicyclic) bond motifs is 1. The van der Waals surface area contributed by atoms with E-state index in [-0.39, 0.29) is 11.8 Å². The highest BCUT2D eigenvalue weighted by Gasteiger charge is 2.50. The molecule has 1 spiro atoms. The molecule has 1 heterocycles. The lowest BCUT2D eigenvalue weighted by Gasteiger charge is -2.16. The molecule has 3 nitrogen and oxygen atoms in total. The summed E-state index contributed by atoms with van der Waals surface area (Å²) in [6.07, 6.45) is 3.02. The molecule has 3 rings (SSSR count). The van der Waals surface area contributed by atoms with Gasteiger partial charge in [-0.15, -0.1) is 0 Å². The average molecular weight is 259 g/mol. The predicted octanol–water partition coefficient (Wildman–Crippen LogP) is 2.54. The fourth-order valence-electron chi connectivity index (χ4n) is 2.86. The number of carbonyl (C=O) groups excluding carboxylic acids is 2. The van der Waals surface area contributed by atoms with Gasteiger partial charge in [0.2, 0.25) is 11.8 Å². The Morgan fingerprint density at radius 1 is 1.11 bits per heavy atom. The molecule has 1 aliphatic carbocycles. The van der Waals surface area contributed by atoms with E-state index in [1.807, 2.05) is 6.92 Å². The van der Waals surface area contributed by atoms with E-state index < -0.39 is 5.41 Å². The lowest BCUT2D eigenvalue weighted by atomic mass is 9.83. The standard InChI is InChI=1S/C13H13NO2.C3H8/c1-8-2-3-9-5-13(6-10(9)4-8)7-11(15)14-12(13)16;1-3-2/h2-4H,5-7H2,1H3,(H,14,15,16);3H2,1-2H3/t13-;/m1./s1. The van der Waals surface area contributed by atoms with Crippen molar-refractivity contribution < 1.29 is 9.59 Å². The molecule has 1 N–H and O–H groups in total. The van der Waals surface area contributed by atoms with Crippen molar-refractivity contribution in [2.24, 2.45) is 5.41 Å². The first-order chi connectivity index (χ1) is 9.00. The third-order valence-electron chi connectivity index (χ3n) is 3.65. The molecular weight excluding hydrogens is 238 g/mol. The van der Waals surface area contributed by atoms with Gasteiger partial charge in [0.1, 0.15) is 0 Å². The van der Waals surface area contributed by atoms with E-state index in [1.54, 1.807) is 0 Å². The van der Waals surface area contributed by atoms with Crippen LogP contribution in [0.5, 0.6) is 0 Å². The van der Waals surface area contributed by atoms with Crippen LogP contribution in [-0.2, 0) is 22.4 Å². The number of aryl methyl sites for hydroxylation is 1. The van der Waals surface area contributed by atoms with Crippen molar-refractivity contribution in [2.45, 2.75) is 46.5 Å². The fraction of sp³-hybridized carbons (Fsp3) is 0.500. The van der Waals surface area contributed by atoms with Crippen LogP contribution in [0.3, 0.4) is 0 Å². The van der Waals surface area contributed by atoms with Crippen molar-refractivity contribution in [1.82, 2.24) is 5.32 Å². The van der Waals surface area contributed by atoms with E-state index in [2.05, 4.69) is 37.4 Å². The number of carbonyl (C=O) groups is 2. The summed E-state index contributed by atoms with van der Waals surface area (Å²) in [5.74, 6) is -0.221. The number of benzene rings is 1. The van der Waals surface area contributed by atoms with Gasteiger partial charge in [-0.1, -0.05) is 44.0 Å². The lowest BCUT2D eigenvalue weighted by molar-refractivity contribution is -0.128. The summed E-state index contributed by atoms with van der Waals surface area (Å²) < 4.78 is 0. The molecule has 1 aliphatic heterocycles. The Hall–Kier alpha value is -1.64. The molecule has 1 fully saturated rings. The molecule has 1 saturated heterocycles. The van der Waals surface area contributed by atoms with Crippen molar-refractivity contribution in [3.05, 3.63) is 34.9 Å². The van der Waals surface area contributed by atoms with Crippen molar-refractivity contribution in [3.63, 3.8) is 0 Å². The number of hydrogen-bond donors (Lipinski definition) is 1. The van der Waals surface area contributed by atoms with Gasteiger partial charge in [0.15, 0.2) is 0 Å². The molecule has 1 atom stereocenters. The maximum atomic E-state index is 11.8. The van der Waals surface area contributed by atoms with Gasteiger partial charge in [-0.2, -0.15) is 0 Å². The molecule has 19 heavy (non-hydrogen) atoms.